The molecule has 0 saturated heterocycles. The second-order valence-electron chi connectivity index (χ2n) is 7.68. The molecular weight excluding hydrogens is 388 g/mol. The van der Waals surface area contributed by atoms with E-state index in [0.717, 1.165) is 63.2 Å². The van der Waals surface area contributed by atoms with Crippen molar-refractivity contribution in [2.45, 2.75) is 19.8 Å². The van der Waals surface area contributed by atoms with E-state index in [0.29, 0.717) is 0 Å². The van der Waals surface area contributed by atoms with Crippen LogP contribution in [0.15, 0.2) is 54.9 Å². The van der Waals surface area contributed by atoms with Crippen molar-refractivity contribution in [2.75, 3.05) is 18.2 Å². The van der Waals surface area contributed by atoms with E-state index in [-0.39, 0.29) is 5.95 Å². The summed E-state index contributed by atoms with van der Waals surface area (Å²) in [7, 11) is 1.70. The van der Waals surface area contributed by atoms with Crippen molar-refractivity contribution < 1.29 is 4.74 Å². The zero-order valence-electron chi connectivity index (χ0n) is 17.5. The number of aromatic nitrogens is 4. The SMILES string of the molecule is COc1cccc2[nH]cc(CCc3cnc(N)nc3Nc3ccc4[nH]c(C)cc4c3)c12. The Morgan fingerprint density at radius 3 is 2.81 bits per heavy atom. The van der Waals surface area contributed by atoms with E-state index in [4.69, 9.17) is 10.5 Å². The van der Waals surface area contributed by atoms with Gasteiger partial charge in [-0.2, -0.15) is 4.98 Å². The van der Waals surface area contributed by atoms with E-state index < -0.39 is 0 Å². The third kappa shape index (κ3) is 3.66. The van der Waals surface area contributed by atoms with E-state index in [1.807, 2.05) is 24.4 Å². The van der Waals surface area contributed by atoms with Crippen molar-refractivity contribution in [3.05, 3.63) is 71.7 Å². The predicted octanol–water partition coefficient (Wildman–Crippen LogP) is 4.87. The summed E-state index contributed by atoms with van der Waals surface area (Å²) in [6.07, 6.45) is 5.42. The first kappa shape index (κ1) is 19.0. The average Bonchev–Trinajstić information content (AvgIpc) is 3.35. The summed E-state index contributed by atoms with van der Waals surface area (Å²) >= 11 is 0. The van der Waals surface area contributed by atoms with Gasteiger partial charge < -0.3 is 25.8 Å². The van der Waals surface area contributed by atoms with Crippen molar-refractivity contribution in [1.82, 2.24) is 19.9 Å². The lowest BCUT2D eigenvalue weighted by Crippen LogP contribution is -2.05. The maximum Gasteiger partial charge on any atom is 0.221 e. The Labute approximate surface area is 179 Å². The van der Waals surface area contributed by atoms with Crippen LogP contribution in [0, 0.1) is 6.92 Å². The molecule has 0 spiro atoms. The molecule has 5 rings (SSSR count). The molecule has 7 heteroatoms. The van der Waals surface area contributed by atoms with E-state index >= 15 is 0 Å². The number of aromatic amines is 2. The Morgan fingerprint density at radius 1 is 1.06 bits per heavy atom. The molecule has 31 heavy (non-hydrogen) atoms. The number of nitrogens with two attached hydrogens (primary N) is 1. The van der Waals surface area contributed by atoms with Crippen molar-refractivity contribution >= 4 is 39.3 Å². The summed E-state index contributed by atoms with van der Waals surface area (Å²) < 4.78 is 5.56. The smallest absolute Gasteiger partial charge is 0.221 e. The Hall–Kier alpha value is -4.00. The third-order valence-corrected chi connectivity index (χ3v) is 5.53. The predicted molar refractivity (Wildman–Crippen MR) is 125 cm³/mol. The molecule has 2 aromatic carbocycles. The molecule has 0 fully saturated rings. The maximum atomic E-state index is 5.89. The van der Waals surface area contributed by atoms with E-state index in [1.165, 1.54) is 5.56 Å². The van der Waals surface area contributed by atoms with Crippen LogP contribution in [0.4, 0.5) is 17.5 Å². The second-order valence-corrected chi connectivity index (χ2v) is 7.68. The van der Waals surface area contributed by atoms with Gasteiger partial charge >= 0.3 is 0 Å². The molecule has 0 aliphatic heterocycles. The van der Waals surface area contributed by atoms with Gasteiger partial charge in [0.05, 0.1) is 7.11 Å². The highest BCUT2D eigenvalue weighted by Crippen LogP contribution is 2.30. The third-order valence-electron chi connectivity index (χ3n) is 5.53. The topological polar surface area (TPSA) is 105 Å². The lowest BCUT2D eigenvalue weighted by Gasteiger charge is -2.12. The molecule has 0 saturated carbocycles. The number of ether oxygens (including phenoxy) is 1. The van der Waals surface area contributed by atoms with Crippen molar-refractivity contribution in [1.29, 1.82) is 0 Å². The molecule has 156 valence electrons. The lowest BCUT2D eigenvalue weighted by atomic mass is 10.0. The zero-order chi connectivity index (χ0) is 21.4. The number of hydrogen-bond donors (Lipinski definition) is 4. The first-order valence-electron chi connectivity index (χ1n) is 10.2. The molecule has 3 aromatic heterocycles. The number of hydrogen-bond acceptors (Lipinski definition) is 5. The number of anilines is 3. The summed E-state index contributed by atoms with van der Waals surface area (Å²) in [6, 6.07) is 14.3. The standard InChI is InChI=1S/C24H24N6O/c1-14-10-17-11-18(8-9-19(17)28-14)29-23-16(13-27-24(25)30-23)7-6-15-12-26-20-4-3-5-21(31-2)22(15)20/h3-5,8-13,26,28H,6-7H2,1-2H3,(H3,25,27,29,30). The van der Waals surface area contributed by atoms with Crippen LogP contribution in [-0.2, 0) is 12.8 Å². The van der Waals surface area contributed by atoms with E-state index in [1.54, 1.807) is 13.3 Å². The number of H-pyrrole nitrogens is 2. The van der Waals surface area contributed by atoms with Gasteiger partial charge in [-0.3, -0.25) is 0 Å². The fraction of sp³-hybridized carbons (Fsp3) is 0.167. The van der Waals surface area contributed by atoms with Gasteiger partial charge in [-0.25, -0.2) is 4.98 Å². The number of nitrogen functional groups attached to an aromatic ring is 1. The van der Waals surface area contributed by atoms with E-state index in [2.05, 4.69) is 56.4 Å². The lowest BCUT2D eigenvalue weighted by molar-refractivity contribution is 0.419. The zero-order valence-corrected chi connectivity index (χ0v) is 17.5. The Morgan fingerprint density at radius 2 is 1.94 bits per heavy atom. The largest absolute Gasteiger partial charge is 0.496 e. The Kier molecular flexibility index (Phi) is 4.71. The van der Waals surface area contributed by atoms with Crippen molar-refractivity contribution in [3.8, 4) is 5.75 Å². The minimum Gasteiger partial charge on any atom is -0.496 e. The highest BCUT2D eigenvalue weighted by molar-refractivity contribution is 5.89. The number of benzene rings is 2. The molecule has 7 nitrogen and oxygen atoms in total. The maximum absolute atomic E-state index is 5.89. The Balaban J connectivity index is 1.42. The van der Waals surface area contributed by atoms with Gasteiger partial charge in [0.1, 0.15) is 11.6 Å². The number of aryl methyl sites for hydroxylation is 3. The molecule has 5 aromatic rings. The first-order valence-corrected chi connectivity index (χ1v) is 10.2. The van der Waals surface area contributed by atoms with Gasteiger partial charge in [0.25, 0.3) is 0 Å². The molecule has 0 amide bonds. The Bertz CT molecular complexity index is 1380. The van der Waals surface area contributed by atoms with Gasteiger partial charge in [0.2, 0.25) is 5.95 Å². The number of nitrogens with zero attached hydrogens (tertiary/aromatic N) is 2. The monoisotopic (exact) mass is 412 g/mol. The van der Waals surface area contributed by atoms with Crippen LogP contribution in [-0.4, -0.2) is 27.0 Å². The molecule has 0 unspecified atom stereocenters. The van der Waals surface area contributed by atoms with Crippen LogP contribution < -0.4 is 15.8 Å². The molecule has 0 bridgehead atoms. The fourth-order valence-electron chi connectivity index (χ4n) is 4.06. The molecule has 3 heterocycles. The summed E-state index contributed by atoms with van der Waals surface area (Å²) in [5, 5.41) is 5.69. The minimum absolute atomic E-state index is 0.249. The average molecular weight is 412 g/mol. The van der Waals surface area contributed by atoms with Gasteiger partial charge in [-0.05, 0) is 61.7 Å². The molecule has 5 N–H and O–H groups in total. The number of nitrogens with one attached hydrogen (secondary N) is 3. The molecule has 0 atom stereocenters. The molecule has 0 aliphatic carbocycles. The summed E-state index contributed by atoms with van der Waals surface area (Å²) in [4.78, 5) is 15.4. The van der Waals surface area contributed by atoms with Gasteiger partial charge in [-0.15, -0.1) is 0 Å². The number of fused-ring (bicyclic) bond motifs is 2. The quantitative estimate of drug-likeness (QED) is 0.319. The summed E-state index contributed by atoms with van der Waals surface area (Å²) in [5.41, 5.74) is 12.4. The van der Waals surface area contributed by atoms with Crippen LogP contribution in [0.3, 0.4) is 0 Å². The number of rotatable bonds is 6. The van der Waals surface area contributed by atoms with Gasteiger partial charge in [0.15, 0.2) is 0 Å². The highest BCUT2D eigenvalue weighted by Gasteiger charge is 2.12. The summed E-state index contributed by atoms with van der Waals surface area (Å²) in [6.45, 7) is 2.05. The number of methoxy groups -OCH3 is 1. The van der Waals surface area contributed by atoms with Gasteiger partial charge in [0, 0.05) is 51.1 Å². The van der Waals surface area contributed by atoms with Crippen LogP contribution in [0.25, 0.3) is 21.8 Å². The highest BCUT2D eigenvalue weighted by atomic mass is 16.5. The van der Waals surface area contributed by atoms with E-state index in [9.17, 15) is 0 Å². The normalized spacial score (nSPS) is 11.3. The fourth-order valence-corrected chi connectivity index (χ4v) is 4.06. The van der Waals surface area contributed by atoms with Crippen LogP contribution >= 0.6 is 0 Å². The van der Waals surface area contributed by atoms with Crippen LogP contribution in [0.1, 0.15) is 16.8 Å². The second kappa shape index (κ2) is 7.68. The van der Waals surface area contributed by atoms with Crippen molar-refractivity contribution in [2.24, 2.45) is 0 Å². The first-order chi connectivity index (χ1) is 15.1. The molecule has 0 radical (unpaired) electrons. The van der Waals surface area contributed by atoms with Crippen LogP contribution in [0.2, 0.25) is 0 Å². The minimum atomic E-state index is 0.249. The molecule has 0 aliphatic rings. The van der Waals surface area contributed by atoms with Crippen LogP contribution in [0.5, 0.6) is 5.75 Å². The molecular formula is C24H24N6O. The van der Waals surface area contributed by atoms with Gasteiger partial charge in [-0.1, -0.05) is 6.07 Å². The van der Waals surface area contributed by atoms with Crippen molar-refractivity contribution in [3.63, 3.8) is 0 Å². The summed E-state index contributed by atoms with van der Waals surface area (Å²) in [5.74, 6) is 1.85.